The Labute approximate surface area is 160 Å². The first kappa shape index (κ1) is 19.8. The van der Waals surface area contributed by atoms with Gasteiger partial charge in [0.2, 0.25) is 11.8 Å². The van der Waals surface area contributed by atoms with E-state index in [4.69, 9.17) is 4.74 Å². The van der Waals surface area contributed by atoms with E-state index in [9.17, 15) is 14.7 Å². The third-order valence-corrected chi connectivity index (χ3v) is 5.34. The summed E-state index contributed by atoms with van der Waals surface area (Å²) in [6, 6.07) is 3.51. The van der Waals surface area contributed by atoms with E-state index in [1.165, 1.54) is 0 Å². The van der Waals surface area contributed by atoms with Crippen LogP contribution in [0.4, 0.5) is 0 Å². The van der Waals surface area contributed by atoms with Gasteiger partial charge in [0.15, 0.2) is 0 Å². The number of aromatic nitrogens is 1. The highest BCUT2D eigenvalue weighted by atomic mass is 16.5. The van der Waals surface area contributed by atoms with Gasteiger partial charge in [-0.15, -0.1) is 0 Å². The zero-order chi connectivity index (χ0) is 19.4. The Hall–Kier alpha value is -1.99. The second kappa shape index (κ2) is 8.80. The van der Waals surface area contributed by atoms with Gasteiger partial charge in [0.05, 0.1) is 31.8 Å². The quantitative estimate of drug-likeness (QED) is 0.810. The van der Waals surface area contributed by atoms with Crippen molar-refractivity contribution in [3.63, 3.8) is 0 Å². The Balaban J connectivity index is 1.50. The minimum absolute atomic E-state index is 0.102. The molecule has 7 nitrogen and oxygen atoms in total. The molecule has 0 aromatic carbocycles. The Bertz CT molecular complexity index is 668. The van der Waals surface area contributed by atoms with Crippen molar-refractivity contribution in [2.75, 3.05) is 26.3 Å². The van der Waals surface area contributed by atoms with Crippen molar-refractivity contribution < 1.29 is 19.4 Å². The van der Waals surface area contributed by atoms with Gasteiger partial charge in [-0.2, -0.15) is 0 Å². The zero-order valence-corrected chi connectivity index (χ0v) is 16.1. The van der Waals surface area contributed by atoms with Crippen molar-refractivity contribution in [2.45, 2.75) is 51.7 Å². The maximum atomic E-state index is 12.6. The van der Waals surface area contributed by atoms with E-state index in [2.05, 4.69) is 10.3 Å². The summed E-state index contributed by atoms with van der Waals surface area (Å²) in [6.45, 7) is 6.21. The van der Waals surface area contributed by atoms with Crippen molar-refractivity contribution in [3.8, 4) is 0 Å². The van der Waals surface area contributed by atoms with Crippen molar-refractivity contribution >= 4 is 11.8 Å². The number of nitrogens with one attached hydrogen (secondary N) is 1. The van der Waals surface area contributed by atoms with Crippen LogP contribution in [0.1, 0.15) is 36.2 Å². The second-order valence-electron chi connectivity index (χ2n) is 7.62. The van der Waals surface area contributed by atoms with Crippen LogP contribution in [0.5, 0.6) is 0 Å². The minimum Gasteiger partial charge on any atom is -0.391 e. The monoisotopic (exact) mass is 375 g/mol. The highest BCUT2D eigenvalue weighted by molar-refractivity contribution is 5.80. The van der Waals surface area contributed by atoms with Gasteiger partial charge in [0.25, 0.3) is 0 Å². The number of aryl methyl sites for hydroxylation is 2. The third-order valence-electron chi connectivity index (χ3n) is 5.34. The van der Waals surface area contributed by atoms with E-state index < -0.39 is 6.10 Å². The van der Waals surface area contributed by atoms with E-state index in [0.29, 0.717) is 45.6 Å². The molecule has 2 aliphatic rings. The molecule has 27 heavy (non-hydrogen) atoms. The molecule has 1 aromatic heterocycles. The fraction of sp³-hybridized carbons (Fsp3) is 0.650. The summed E-state index contributed by atoms with van der Waals surface area (Å²) < 4.78 is 5.29. The van der Waals surface area contributed by atoms with Crippen molar-refractivity contribution in [1.82, 2.24) is 15.2 Å². The smallest absolute Gasteiger partial charge is 0.225 e. The van der Waals surface area contributed by atoms with Gasteiger partial charge >= 0.3 is 0 Å². The normalized spacial score (nSPS) is 25.9. The van der Waals surface area contributed by atoms with Crippen LogP contribution in [0.15, 0.2) is 12.1 Å². The molecule has 2 fully saturated rings. The van der Waals surface area contributed by atoms with Crippen molar-refractivity contribution in [2.24, 2.45) is 5.92 Å². The van der Waals surface area contributed by atoms with Crippen LogP contribution in [0, 0.1) is 19.8 Å². The summed E-state index contributed by atoms with van der Waals surface area (Å²) in [5.74, 6) is -0.177. The zero-order valence-electron chi connectivity index (χ0n) is 16.1. The lowest BCUT2D eigenvalue weighted by Gasteiger charge is -2.36. The number of aliphatic hydroxyl groups is 1. The van der Waals surface area contributed by atoms with Gasteiger partial charge < -0.3 is 20.1 Å². The van der Waals surface area contributed by atoms with E-state index in [0.717, 1.165) is 17.0 Å². The number of hydrogen-bond donors (Lipinski definition) is 2. The molecule has 0 radical (unpaired) electrons. The number of aliphatic hydroxyl groups excluding tert-OH is 1. The van der Waals surface area contributed by atoms with Gasteiger partial charge in [-0.3, -0.25) is 14.6 Å². The molecule has 3 atom stereocenters. The van der Waals surface area contributed by atoms with Gasteiger partial charge in [0, 0.05) is 30.4 Å². The molecular formula is C20H29N3O4. The first-order valence-corrected chi connectivity index (χ1v) is 9.70. The minimum atomic E-state index is -0.696. The largest absolute Gasteiger partial charge is 0.391 e. The molecule has 2 N–H and O–H groups in total. The molecule has 148 valence electrons. The van der Waals surface area contributed by atoms with Gasteiger partial charge in [-0.25, -0.2) is 0 Å². The lowest BCUT2D eigenvalue weighted by molar-refractivity contribution is -0.142. The predicted octanol–water partition coefficient (Wildman–Crippen LogP) is 0.746. The van der Waals surface area contributed by atoms with E-state index in [-0.39, 0.29) is 30.2 Å². The first-order valence-electron chi connectivity index (χ1n) is 9.70. The molecule has 0 spiro atoms. The summed E-state index contributed by atoms with van der Waals surface area (Å²) in [6.07, 6.45) is 1.27. The molecule has 1 aromatic rings. The van der Waals surface area contributed by atoms with Crippen LogP contribution in [-0.4, -0.2) is 65.3 Å². The maximum Gasteiger partial charge on any atom is 0.225 e. The Kier molecular flexibility index (Phi) is 6.44. The maximum absolute atomic E-state index is 12.6. The van der Waals surface area contributed by atoms with E-state index in [1.54, 1.807) is 0 Å². The summed E-state index contributed by atoms with van der Waals surface area (Å²) >= 11 is 0. The topological polar surface area (TPSA) is 91.8 Å². The number of amides is 2. The number of hydrogen-bond acceptors (Lipinski definition) is 5. The highest BCUT2D eigenvalue weighted by Crippen LogP contribution is 2.27. The van der Waals surface area contributed by atoms with Gasteiger partial charge in [-0.05, 0) is 50.8 Å². The van der Waals surface area contributed by atoms with Crippen LogP contribution >= 0.6 is 0 Å². The van der Waals surface area contributed by atoms with E-state index >= 15 is 0 Å². The standard InChI is InChI=1S/C20H29N3O4/c1-13-9-15(10-14(2)21-13)11-19(25)22-17-4-3-16(12-18(17)24)20(26)23-5-7-27-8-6-23/h9-10,16-18,24H,3-8,11-12H2,1-2H3,(H,22,25)/t16-,17+,18+/m0/s1. The SMILES string of the molecule is Cc1cc(CC(=O)N[C@@H]2CC[C@H](C(=O)N3CCOCC3)C[C@H]2O)cc(C)n1. The Morgan fingerprint density at radius 2 is 1.89 bits per heavy atom. The molecule has 1 aliphatic carbocycles. The average Bonchev–Trinajstić information content (AvgIpc) is 2.62. The highest BCUT2D eigenvalue weighted by Gasteiger charge is 2.35. The number of rotatable bonds is 4. The van der Waals surface area contributed by atoms with Crippen LogP contribution in [0.2, 0.25) is 0 Å². The summed E-state index contributed by atoms with van der Waals surface area (Å²) in [5.41, 5.74) is 2.70. The molecule has 1 saturated heterocycles. The fourth-order valence-electron chi connectivity index (χ4n) is 4.05. The first-order chi connectivity index (χ1) is 12.9. The van der Waals surface area contributed by atoms with Crippen LogP contribution in [0.3, 0.4) is 0 Å². The van der Waals surface area contributed by atoms with Crippen LogP contribution < -0.4 is 5.32 Å². The lowest BCUT2D eigenvalue weighted by Crippen LogP contribution is -2.51. The molecule has 0 unspecified atom stereocenters. The lowest BCUT2D eigenvalue weighted by atomic mass is 9.83. The number of ether oxygens (including phenoxy) is 1. The number of pyridine rings is 1. The summed E-state index contributed by atoms with van der Waals surface area (Å²) in [4.78, 5) is 31.1. The van der Waals surface area contributed by atoms with E-state index in [1.807, 2.05) is 30.9 Å². The number of morpholine rings is 1. The average molecular weight is 375 g/mol. The molecule has 2 amide bonds. The van der Waals surface area contributed by atoms with Gasteiger partial charge in [-0.1, -0.05) is 0 Å². The number of carbonyl (C=O) groups is 2. The molecule has 1 saturated carbocycles. The fourth-order valence-corrected chi connectivity index (χ4v) is 4.05. The molecule has 0 bridgehead atoms. The Morgan fingerprint density at radius 3 is 2.52 bits per heavy atom. The molecule has 3 rings (SSSR count). The summed E-state index contributed by atoms with van der Waals surface area (Å²) in [5, 5.41) is 13.4. The van der Waals surface area contributed by atoms with Crippen LogP contribution in [-0.2, 0) is 20.7 Å². The van der Waals surface area contributed by atoms with Gasteiger partial charge in [0.1, 0.15) is 0 Å². The third kappa shape index (κ3) is 5.26. The van der Waals surface area contributed by atoms with Crippen molar-refractivity contribution in [3.05, 3.63) is 29.1 Å². The second-order valence-corrected chi connectivity index (χ2v) is 7.62. The number of nitrogens with zero attached hydrogens (tertiary/aromatic N) is 2. The molecule has 7 heteroatoms. The Morgan fingerprint density at radius 1 is 1.22 bits per heavy atom. The molecule has 1 aliphatic heterocycles. The van der Waals surface area contributed by atoms with Crippen molar-refractivity contribution in [1.29, 1.82) is 0 Å². The number of carbonyl (C=O) groups excluding carboxylic acids is 2. The molecular weight excluding hydrogens is 346 g/mol. The summed E-state index contributed by atoms with van der Waals surface area (Å²) in [7, 11) is 0. The van der Waals surface area contributed by atoms with Crippen LogP contribution in [0.25, 0.3) is 0 Å². The molecule has 2 heterocycles. The predicted molar refractivity (Wildman–Crippen MR) is 100 cm³/mol.